The molecule has 2 N–H and O–H groups in total. The lowest BCUT2D eigenvalue weighted by Crippen LogP contribution is -2.37. The van der Waals surface area contributed by atoms with Gasteiger partial charge in [0.2, 0.25) is 10.0 Å². The highest BCUT2D eigenvalue weighted by atomic mass is 127. The molecule has 0 aromatic heterocycles. The number of sulfonamides is 1. The molecule has 0 heterocycles. The number of benzene rings is 2. The molecule has 0 spiro atoms. The van der Waals surface area contributed by atoms with Crippen LogP contribution >= 0.6 is 35.6 Å². The molecule has 0 saturated carbocycles. The highest BCUT2D eigenvalue weighted by Gasteiger charge is 2.20. The van der Waals surface area contributed by atoms with Crippen LogP contribution in [0.5, 0.6) is 0 Å². The summed E-state index contributed by atoms with van der Waals surface area (Å²) >= 11 is 6.15. The average Bonchev–Trinajstić information content (AvgIpc) is 2.63. The maximum absolute atomic E-state index is 12.5. The van der Waals surface area contributed by atoms with Crippen LogP contribution in [0.15, 0.2) is 58.4 Å². The second kappa shape index (κ2) is 10.8. The number of nitrogens with zero attached hydrogens (tertiary/aromatic N) is 2. The lowest BCUT2D eigenvalue weighted by molar-refractivity contribution is 0.519. The number of nitrogens with one attached hydrogen (secondary N) is 2. The van der Waals surface area contributed by atoms with Crippen molar-refractivity contribution in [2.24, 2.45) is 4.99 Å². The van der Waals surface area contributed by atoms with E-state index in [0.29, 0.717) is 29.6 Å². The van der Waals surface area contributed by atoms with Crippen LogP contribution in [0.3, 0.4) is 0 Å². The van der Waals surface area contributed by atoms with E-state index < -0.39 is 10.0 Å². The third-order valence-electron chi connectivity index (χ3n) is 3.81. The van der Waals surface area contributed by atoms with Gasteiger partial charge in [-0.1, -0.05) is 48.0 Å². The van der Waals surface area contributed by atoms with Crippen LogP contribution < -0.4 is 10.6 Å². The number of halogens is 2. The molecule has 2 rings (SSSR count). The molecule has 2 aromatic carbocycles. The summed E-state index contributed by atoms with van der Waals surface area (Å²) in [6.07, 6.45) is 0. The predicted octanol–water partition coefficient (Wildman–Crippen LogP) is 3.07. The second-order valence-corrected chi connectivity index (χ2v) is 8.29. The van der Waals surface area contributed by atoms with Crippen LogP contribution in [-0.2, 0) is 23.1 Å². The Hall–Kier alpha value is -1.36. The third-order valence-corrected chi connectivity index (χ3v) is 6.09. The van der Waals surface area contributed by atoms with Crippen molar-refractivity contribution in [2.75, 3.05) is 21.1 Å². The minimum absolute atomic E-state index is 0. The highest BCUT2D eigenvalue weighted by Crippen LogP contribution is 2.18. The van der Waals surface area contributed by atoms with Gasteiger partial charge in [-0.05, 0) is 23.3 Å². The lowest BCUT2D eigenvalue weighted by Gasteiger charge is -2.17. The van der Waals surface area contributed by atoms with Crippen molar-refractivity contribution in [3.05, 3.63) is 64.7 Å². The van der Waals surface area contributed by atoms with E-state index in [1.54, 1.807) is 25.2 Å². The summed E-state index contributed by atoms with van der Waals surface area (Å²) in [6.45, 7) is 0.836. The molecule has 2 aromatic rings. The lowest BCUT2D eigenvalue weighted by atomic mass is 10.2. The Bertz CT molecular complexity index is 888. The molecular weight excluding hydrogens is 499 g/mol. The number of hydrogen-bond donors (Lipinski definition) is 2. The van der Waals surface area contributed by atoms with Crippen LogP contribution in [-0.4, -0.2) is 39.8 Å². The van der Waals surface area contributed by atoms with E-state index in [0.717, 1.165) is 5.56 Å². The molecule has 0 bridgehead atoms. The highest BCUT2D eigenvalue weighted by molar-refractivity contribution is 14.0. The van der Waals surface area contributed by atoms with Gasteiger partial charge >= 0.3 is 0 Å². The van der Waals surface area contributed by atoms with Crippen LogP contribution in [0.4, 0.5) is 0 Å². The number of rotatable bonds is 6. The van der Waals surface area contributed by atoms with Gasteiger partial charge in [0.15, 0.2) is 5.96 Å². The third kappa shape index (κ3) is 6.34. The molecule has 0 atom stereocenters. The van der Waals surface area contributed by atoms with Gasteiger partial charge in [0.05, 0.1) is 4.90 Å². The van der Waals surface area contributed by atoms with Gasteiger partial charge in [0.1, 0.15) is 0 Å². The van der Waals surface area contributed by atoms with Gasteiger partial charge in [0.25, 0.3) is 0 Å². The molecule has 0 aliphatic carbocycles. The summed E-state index contributed by atoms with van der Waals surface area (Å²) in [5, 5.41) is 6.99. The van der Waals surface area contributed by atoms with E-state index in [4.69, 9.17) is 11.6 Å². The zero-order valence-electron chi connectivity index (χ0n) is 15.4. The molecule has 0 aliphatic heterocycles. The van der Waals surface area contributed by atoms with E-state index in [-0.39, 0.29) is 28.9 Å². The maximum atomic E-state index is 12.5. The first-order chi connectivity index (χ1) is 12.4. The Balaban J connectivity index is 0.00000364. The molecule has 0 radical (unpaired) electrons. The first-order valence-electron chi connectivity index (χ1n) is 8.04. The summed E-state index contributed by atoms with van der Waals surface area (Å²) in [6, 6.07) is 14.5. The van der Waals surface area contributed by atoms with E-state index in [9.17, 15) is 8.42 Å². The first kappa shape index (κ1) is 23.7. The van der Waals surface area contributed by atoms with Gasteiger partial charge in [-0.3, -0.25) is 4.99 Å². The molecule has 6 nitrogen and oxygen atoms in total. The van der Waals surface area contributed by atoms with Crippen molar-refractivity contribution in [1.82, 2.24) is 14.9 Å². The van der Waals surface area contributed by atoms with Crippen LogP contribution in [0, 0.1) is 0 Å². The Morgan fingerprint density at radius 1 is 1.00 bits per heavy atom. The largest absolute Gasteiger partial charge is 0.352 e. The van der Waals surface area contributed by atoms with Crippen molar-refractivity contribution in [3.63, 3.8) is 0 Å². The Morgan fingerprint density at radius 2 is 1.52 bits per heavy atom. The SMILES string of the molecule is CN=C(NCc1ccccc1Cl)NCc1ccccc1S(=O)(=O)N(C)C.I. The molecule has 0 saturated heterocycles. The average molecular weight is 523 g/mol. The second-order valence-electron chi connectivity index (χ2n) is 5.77. The summed E-state index contributed by atoms with van der Waals surface area (Å²) < 4.78 is 26.1. The van der Waals surface area contributed by atoms with Gasteiger partial charge in [0, 0.05) is 39.3 Å². The van der Waals surface area contributed by atoms with Crippen LogP contribution in [0.2, 0.25) is 5.02 Å². The monoisotopic (exact) mass is 522 g/mol. The molecular formula is C18H24ClIN4O2S. The van der Waals surface area contributed by atoms with Crippen molar-refractivity contribution in [3.8, 4) is 0 Å². The Labute approximate surface area is 183 Å². The molecule has 0 aliphatic rings. The van der Waals surface area contributed by atoms with Crippen molar-refractivity contribution in [2.45, 2.75) is 18.0 Å². The fraction of sp³-hybridized carbons (Fsp3) is 0.278. The van der Waals surface area contributed by atoms with E-state index in [1.165, 1.54) is 18.4 Å². The summed E-state index contributed by atoms with van der Waals surface area (Å²) in [4.78, 5) is 4.44. The van der Waals surface area contributed by atoms with Crippen LogP contribution in [0.1, 0.15) is 11.1 Å². The maximum Gasteiger partial charge on any atom is 0.242 e. The van der Waals surface area contributed by atoms with Crippen LogP contribution in [0.25, 0.3) is 0 Å². The van der Waals surface area contributed by atoms with E-state index >= 15 is 0 Å². The standard InChI is InChI=1S/C18H23ClN4O2S.HI/c1-20-18(21-12-14-8-4-6-10-16(14)19)22-13-15-9-5-7-11-17(15)26(24,25)23(2)3;/h4-11H,12-13H2,1-3H3,(H2,20,21,22);1H. The topological polar surface area (TPSA) is 73.8 Å². The molecule has 0 fully saturated rings. The summed E-state index contributed by atoms with van der Waals surface area (Å²) in [7, 11) is 1.18. The molecule has 148 valence electrons. The van der Waals surface area contributed by atoms with Gasteiger partial charge in [-0.25, -0.2) is 12.7 Å². The predicted molar refractivity (Wildman–Crippen MR) is 121 cm³/mol. The normalized spacial score (nSPS) is 11.8. The minimum Gasteiger partial charge on any atom is -0.352 e. The van der Waals surface area contributed by atoms with Crippen molar-refractivity contribution in [1.29, 1.82) is 0 Å². The first-order valence-corrected chi connectivity index (χ1v) is 9.86. The fourth-order valence-electron chi connectivity index (χ4n) is 2.32. The van der Waals surface area contributed by atoms with Gasteiger partial charge in [-0.2, -0.15) is 0 Å². The smallest absolute Gasteiger partial charge is 0.242 e. The number of guanidine groups is 1. The van der Waals surface area contributed by atoms with E-state index in [1.807, 2.05) is 30.3 Å². The molecule has 0 unspecified atom stereocenters. The minimum atomic E-state index is -3.51. The van der Waals surface area contributed by atoms with E-state index in [2.05, 4.69) is 15.6 Å². The summed E-state index contributed by atoms with van der Waals surface area (Å²) in [5.74, 6) is 0.557. The zero-order chi connectivity index (χ0) is 19.2. The Kier molecular flexibility index (Phi) is 9.51. The Morgan fingerprint density at radius 3 is 2.07 bits per heavy atom. The quantitative estimate of drug-likeness (QED) is 0.347. The summed E-state index contributed by atoms with van der Waals surface area (Å²) in [5.41, 5.74) is 1.62. The number of aliphatic imine (C=N–C) groups is 1. The zero-order valence-corrected chi connectivity index (χ0v) is 19.3. The van der Waals surface area contributed by atoms with Crippen molar-refractivity contribution < 1.29 is 8.42 Å². The van der Waals surface area contributed by atoms with Gasteiger partial charge in [-0.15, -0.1) is 24.0 Å². The van der Waals surface area contributed by atoms with Crippen molar-refractivity contribution >= 4 is 51.6 Å². The van der Waals surface area contributed by atoms with Gasteiger partial charge < -0.3 is 10.6 Å². The fourth-order valence-corrected chi connectivity index (χ4v) is 3.64. The number of hydrogen-bond acceptors (Lipinski definition) is 3. The molecule has 27 heavy (non-hydrogen) atoms. The molecule has 0 amide bonds. The molecule has 9 heteroatoms.